The molecule has 148 valence electrons. The Labute approximate surface area is 175 Å². The molecule has 8 nitrogen and oxygen atoms in total. The van der Waals surface area contributed by atoms with Gasteiger partial charge in [0, 0.05) is 11.2 Å². The molecule has 2 aliphatic heterocycles. The van der Waals surface area contributed by atoms with Gasteiger partial charge in [0.25, 0.3) is 5.91 Å². The van der Waals surface area contributed by atoms with Gasteiger partial charge in [-0.15, -0.1) is 5.10 Å². The fourth-order valence-electron chi connectivity index (χ4n) is 2.46. The zero-order valence-electron chi connectivity index (χ0n) is 15.2. The van der Waals surface area contributed by atoms with Crippen molar-refractivity contribution in [2.45, 2.75) is 16.9 Å². The highest BCUT2D eigenvalue weighted by Crippen LogP contribution is 2.32. The van der Waals surface area contributed by atoms with E-state index in [9.17, 15) is 13.2 Å². The van der Waals surface area contributed by atoms with Crippen LogP contribution in [0.2, 0.25) is 0 Å². The van der Waals surface area contributed by atoms with Crippen LogP contribution in [0.1, 0.15) is 11.3 Å². The van der Waals surface area contributed by atoms with E-state index < -0.39 is 15.7 Å². The Morgan fingerprint density at radius 3 is 2.62 bits per heavy atom. The van der Waals surface area contributed by atoms with Gasteiger partial charge in [-0.05, 0) is 49.0 Å². The van der Waals surface area contributed by atoms with Gasteiger partial charge in [-0.25, -0.2) is 8.42 Å². The summed E-state index contributed by atoms with van der Waals surface area (Å²) < 4.78 is 28.9. The number of amides is 1. The lowest BCUT2D eigenvalue weighted by Gasteiger charge is -2.19. The smallest absolute Gasteiger partial charge is 0.283 e. The van der Waals surface area contributed by atoms with Crippen LogP contribution in [0.5, 0.6) is 0 Å². The molecule has 0 spiro atoms. The molecule has 0 saturated heterocycles. The second-order valence-corrected chi connectivity index (χ2v) is 10.5. The number of aliphatic imine (C=N–C) groups is 1. The number of aryl methyl sites for hydroxylation is 1. The number of amidine groups is 2. The van der Waals surface area contributed by atoms with Gasteiger partial charge in [0.1, 0.15) is 5.76 Å². The molecule has 0 unspecified atom stereocenters. The third-order valence-corrected chi connectivity index (χ3v) is 7.39. The number of carbonyl (C=O) groups is 1. The molecule has 0 saturated carbocycles. The number of benzene rings is 1. The summed E-state index contributed by atoms with van der Waals surface area (Å²) in [5.74, 6) is -0.524. The van der Waals surface area contributed by atoms with Crippen LogP contribution < -0.4 is 0 Å². The average molecular weight is 447 g/mol. The number of nitrogens with one attached hydrogen (secondary N) is 1. The van der Waals surface area contributed by atoms with Gasteiger partial charge < -0.3 is 4.42 Å². The maximum Gasteiger partial charge on any atom is 0.283 e. The zero-order chi connectivity index (χ0) is 20.8. The quantitative estimate of drug-likeness (QED) is 0.719. The number of fused-ring (bicyclic) bond motifs is 1. The number of hydrogen-bond donors (Lipinski definition) is 1. The first kappa shape index (κ1) is 19.7. The van der Waals surface area contributed by atoms with Crippen molar-refractivity contribution in [3.8, 4) is 0 Å². The first-order chi connectivity index (χ1) is 13.7. The van der Waals surface area contributed by atoms with Crippen LogP contribution in [0.25, 0.3) is 6.08 Å². The maximum absolute atomic E-state index is 12.4. The number of rotatable bonds is 3. The minimum absolute atomic E-state index is 0.0333. The molecule has 2 aliphatic rings. The Bertz CT molecular complexity index is 1220. The normalized spacial score (nSPS) is 18.1. The van der Waals surface area contributed by atoms with E-state index in [1.54, 1.807) is 12.1 Å². The summed E-state index contributed by atoms with van der Waals surface area (Å²) >= 11 is 2.18. The van der Waals surface area contributed by atoms with Crippen LogP contribution in [-0.4, -0.2) is 41.0 Å². The molecule has 1 amide bonds. The SMILES string of the molecule is Cc1ccc(Sc2ccc(/C=C3/C(=N)N4N=C(S(C)(=O)=O)SC4=NC3=O)o2)cc1. The third-order valence-electron chi connectivity index (χ3n) is 3.88. The van der Waals surface area contributed by atoms with Gasteiger partial charge in [-0.1, -0.05) is 29.5 Å². The van der Waals surface area contributed by atoms with Gasteiger partial charge in [0.2, 0.25) is 19.4 Å². The molecule has 1 aromatic heterocycles. The van der Waals surface area contributed by atoms with E-state index in [0.29, 0.717) is 10.9 Å². The monoisotopic (exact) mass is 446 g/mol. The summed E-state index contributed by atoms with van der Waals surface area (Å²) in [7, 11) is -3.57. The maximum atomic E-state index is 12.4. The summed E-state index contributed by atoms with van der Waals surface area (Å²) in [6.07, 6.45) is 2.42. The van der Waals surface area contributed by atoms with Crippen molar-refractivity contribution in [1.82, 2.24) is 5.01 Å². The highest BCUT2D eigenvalue weighted by atomic mass is 32.3. The number of sulfone groups is 1. The topological polar surface area (TPSA) is 116 Å². The molecule has 0 radical (unpaired) electrons. The van der Waals surface area contributed by atoms with E-state index >= 15 is 0 Å². The standard InChI is InChI=1S/C18H14N4O4S3/c1-10-3-6-12(7-4-10)27-14-8-5-11(26-14)9-13-15(19)22-17(20-16(13)23)28-18(21-22)29(2,24)25/h3-9,19H,1-2H3/b13-9-,19-15?. The van der Waals surface area contributed by atoms with Crippen LogP contribution in [0.3, 0.4) is 0 Å². The molecule has 0 fully saturated rings. The lowest BCUT2D eigenvalue weighted by Crippen LogP contribution is -2.35. The molecule has 3 heterocycles. The Kier molecular flexibility index (Phi) is 4.97. The summed E-state index contributed by atoms with van der Waals surface area (Å²) in [6, 6.07) is 11.4. The summed E-state index contributed by atoms with van der Waals surface area (Å²) in [4.78, 5) is 17.2. The van der Waals surface area contributed by atoms with Crippen molar-refractivity contribution in [3.05, 3.63) is 53.3 Å². The van der Waals surface area contributed by atoms with Gasteiger partial charge in [-0.3, -0.25) is 10.2 Å². The molecule has 0 bridgehead atoms. The van der Waals surface area contributed by atoms with Crippen molar-refractivity contribution in [2.75, 3.05) is 6.26 Å². The first-order valence-electron chi connectivity index (χ1n) is 8.25. The van der Waals surface area contributed by atoms with E-state index in [0.717, 1.165) is 33.5 Å². The van der Waals surface area contributed by atoms with Crippen molar-refractivity contribution in [1.29, 1.82) is 5.41 Å². The van der Waals surface area contributed by atoms with Crippen LogP contribution in [-0.2, 0) is 14.6 Å². The third kappa shape index (κ3) is 4.07. The van der Waals surface area contributed by atoms with Crippen molar-refractivity contribution in [2.24, 2.45) is 10.1 Å². The van der Waals surface area contributed by atoms with Crippen molar-refractivity contribution in [3.63, 3.8) is 0 Å². The van der Waals surface area contributed by atoms with Gasteiger partial charge in [-0.2, -0.15) is 10.0 Å². The molecule has 29 heavy (non-hydrogen) atoms. The number of hydrogen-bond acceptors (Lipinski definition) is 8. The van der Waals surface area contributed by atoms with E-state index in [-0.39, 0.29) is 21.0 Å². The Morgan fingerprint density at radius 2 is 1.93 bits per heavy atom. The predicted octanol–water partition coefficient (Wildman–Crippen LogP) is 3.36. The molecule has 11 heteroatoms. The lowest BCUT2D eigenvalue weighted by atomic mass is 10.1. The van der Waals surface area contributed by atoms with E-state index in [4.69, 9.17) is 9.83 Å². The van der Waals surface area contributed by atoms with E-state index in [1.807, 2.05) is 31.2 Å². The fourth-order valence-corrected chi connectivity index (χ4v) is 4.92. The van der Waals surface area contributed by atoms with Crippen LogP contribution >= 0.6 is 23.5 Å². The number of thioether (sulfide) groups is 1. The number of furan rings is 1. The Morgan fingerprint density at radius 1 is 1.21 bits per heavy atom. The highest BCUT2D eigenvalue weighted by Gasteiger charge is 2.38. The number of hydrazone groups is 1. The van der Waals surface area contributed by atoms with Gasteiger partial charge >= 0.3 is 0 Å². The largest absolute Gasteiger partial charge is 0.450 e. The molecule has 0 aliphatic carbocycles. The fraction of sp³-hybridized carbons (Fsp3) is 0.111. The number of nitrogens with zero attached hydrogens (tertiary/aromatic N) is 3. The Hall–Kier alpha value is -2.63. The lowest BCUT2D eigenvalue weighted by molar-refractivity contribution is -0.114. The Balaban J connectivity index is 1.58. The molecular formula is C18H14N4O4S3. The van der Waals surface area contributed by atoms with Gasteiger partial charge in [0.15, 0.2) is 10.9 Å². The van der Waals surface area contributed by atoms with Crippen LogP contribution in [0, 0.1) is 12.3 Å². The second kappa shape index (κ2) is 7.32. The van der Waals surface area contributed by atoms with E-state index in [1.165, 1.54) is 17.8 Å². The molecule has 1 N–H and O–H groups in total. The minimum Gasteiger partial charge on any atom is -0.450 e. The summed E-state index contributed by atoms with van der Waals surface area (Å²) in [5, 5.41) is 13.9. The minimum atomic E-state index is -3.57. The van der Waals surface area contributed by atoms with Crippen molar-refractivity contribution < 1.29 is 17.6 Å². The molecule has 2 aromatic rings. The summed E-state index contributed by atoms with van der Waals surface area (Å²) in [6.45, 7) is 2.01. The second-order valence-electron chi connectivity index (χ2n) is 6.23. The van der Waals surface area contributed by atoms with E-state index in [2.05, 4.69) is 10.1 Å². The van der Waals surface area contributed by atoms with Crippen LogP contribution in [0.15, 0.2) is 66.5 Å². The van der Waals surface area contributed by atoms with Crippen LogP contribution in [0.4, 0.5) is 0 Å². The molecular weight excluding hydrogens is 432 g/mol. The predicted molar refractivity (Wildman–Crippen MR) is 114 cm³/mol. The number of carbonyl (C=O) groups excluding carboxylic acids is 1. The summed E-state index contributed by atoms with van der Waals surface area (Å²) in [5.41, 5.74) is 1.13. The average Bonchev–Trinajstić information content (AvgIpc) is 3.27. The zero-order valence-corrected chi connectivity index (χ0v) is 17.7. The van der Waals surface area contributed by atoms with Crippen molar-refractivity contribution >= 4 is 60.7 Å². The van der Waals surface area contributed by atoms with Gasteiger partial charge in [0.05, 0.1) is 5.57 Å². The molecule has 4 rings (SSSR count). The molecule has 1 aromatic carbocycles. The first-order valence-corrected chi connectivity index (χ1v) is 11.8. The highest BCUT2D eigenvalue weighted by molar-refractivity contribution is 8.42. The molecule has 0 atom stereocenters.